The summed E-state index contributed by atoms with van der Waals surface area (Å²) in [5.41, 5.74) is 5.79. The van der Waals surface area contributed by atoms with E-state index in [1.807, 2.05) is 20.8 Å². The zero-order chi connectivity index (χ0) is 14.7. The Bertz CT molecular complexity index is 313. The van der Waals surface area contributed by atoms with Gasteiger partial charge in [-0.1, -0.05) is 20.3 Å². The predicted molar refractivity (Wildman–Crippen MR) is 78.0 cm³/mol. The molecule has 0 aliphatic heterocycles. The van der Waals surface area contributed by atoms with Crippen LogP contribution in [0.25, 0.3) is 0 Å². The number of rotatable bonds is 5. The van der Waals surface area contributed by atoms with E-state index in [1.165, 1.54) is 19.3 Å². The summed E-state index contributed by atoms with van der Waals surface area (Å²) < 4.78 is 5.28. The minimum atomic E-state index is -0.456. The molecule has 1 aliphatic carbocycles. The summed E-state index contributed by atoms with van der Waals surface area (Å²) in [6.07, 6.45) is 4.48. The zero-order valence-electron chi connectivity index (χ0n) is 13.1. The van der Waals surface area contributed by atoms with Crippen molar-refractivity contribution in [2.75, 3.05) is 13.1 Å². The highest BCUT2D eigenvalue weighted by Crippen LogP contribution is 2.55. The molecule has 0 aromatic rings. The Morgan fingerprint density at radius 2 is 1.89 bits per heavy atom. The molecule has 19 heavy (non-hydrogen) atoms. The van der Waals surface area contributed by atoms with Gasteiger partial charge < -0.3 is 15.8 Å². The molecule has 1 rings (SSSR count). The Kier molecular flexibility index (Phi) is 4.88. The van der Waals surface area contributed by atoms with Crippen LogP contribution in [0.4, 0.5) is 4.79 Å². The van der Waals surface area contributed by atoms with Crippen LogP contribution in [0.5, 0.6) is 0 Å². The van der Waals surface area contributed by atoms with Crippen LogP contribution in [0.2, 0.25) is 0 Å². The molecule has 0 heterocycles. The van der Waals surface area contributed by atoms with Crippen LogP contribution in [0.1, 0.15) is 60.3 Å². The monoisotopic (exact) mass is 270 g/mol. The fourth-order valence-corrected chi connectivity index (χ4v) is 3.05. The maximum atomic E-state index is 11.8. The van der Waals surface area contributed by atoms with E-state index in [0.717, 1.165) is 6.42 Å². The molecule has 1 amide bonds. The minimum Gasteiger partial charge on any atom is -0.444 e. The third-order valence-electron chi connectivity index (χ3n) is 4.74. The summed E-state index contributed by atoms with van der Waals surface area (Å²) in [6, 6.07) is 0. The van der Waals surface area contributed by atoms with Gasteiger partial charge in [-0.3, -0.25) is 0 Å². The summed E-state index contributed by atoms with van der Waals surface area (Å²) in [4.78, 5) is 11.8. The summed E-state index contributed by atoms with van der Waals surface area (Å²) in [6.45, 7) is 11.2. The third kappa shape index (κ3) is 3.62. The van der Waals surface area contributed by atoms with Crippen molar-refractivity contribution in [3.63, 3.8) is 0 Å². The first kappa shape index (κ1) is 16.3. The van der Waals surface area contributed by atoms with Gasteiger partial charge in [0.1, 0.15) is 5.60 Å². The van der Waals surface area contributed by atoms with Gasteiger partial charge in [0.25, 0.3) is 0 Å². The van der Waals surface area contributed by atoms with Crippen LogP contribution in [0.15, 0.2) is 0 Å². The van der Waals surface area contributed by atoms with E-state index >= 15 is 0 Å². The van der Waals surface area contributed by atoms with Gasteiger partial charge in [0.05, 0.1) is 0 Å². The molecule has 0 bridgehead atoms. The molecule has 1 fully saturated rings. The van der Waals surface area contributed by atoms with Gasteiger partial charge >= 0.3 is 6.09 Å². The maximum absolute atomic E-state index is 11.8. The largest absolute Gasteiger partial charge is 0.444 e. The molecule has 1 aliphatic rings. The quantitative estimate of drug-likeness (QED) is 0.807. The molecular weight excluding hydrogens is 240 g/mol. The number of carbonyl (C=O) groups excluding carboxylic acids is 1. The first-order valence-corrected chi connectivity index (χ1v) is 7.35. The SMILES string of the molecule is CCC1(C(C)(CN)CNC(=O)OC(C)(C)C)CCC1. The molecule has 1 saturated carbocycles. The number of nitrogens with one attached hydrogen (secondary N) is 1. The van der Waals surface area contributed by atoms with E-state index in [2.05, 4.69) is 19.2 Å². The van der Waals surface area contributed by atoms with Crippen molar-refractivity contribution in [3.05, 3.63) is 0 Å². The van der Waals surface area contributed by atoms with Crippen molar-refractivity contribution in [2.45, 2.75) is 65.9 Å². The molecule has 1 atom stereocenters. The lowest BCUT2D eigenvalue weighted by Gasteiger charge is -2.54. The fourth-order valence-electron chi connectivity index (χ4n) is 3.05. The van der Waals surface area contributed by atoms with Gasteiger partial charge in [0, 0.05) is 12.0 Å². The van der Waals surface area contributed by atoms with Crippen molar-refractivity contribution in [1.29, 1.82) is 0 Å². The minimum absolute atomic E-state index is 0.0447. The van der Waals surface area contributed by atoms with Crippen molar-refractivity contribution < 1.29 is 9.53 Å². The summed E-state index contributed by atoms with van der Waals surface area (Å²) in [5, 5.41) is 2.90. The lowest BCUT2D eigenvalue weighted by atomic mass is 9.52. The molecule has 112 valence electrons. The first-order chi connectivity index (χ1) is 8.68. The number of amides is 1. The van der Waals surface area contributed by atoms with Crippen molar-refractivity contribution in [2.24, 2.45) is 16.6 Å². The molecule has 4 heteroatoms. The highest BCUT2D eigenvalue weighted by atomic mass is 16.6. The first-order valence-electron chi connectivity index (χ1n) is 7.35. The zero-order valence-corrected chi connectivity index (χ0v) is 13.1. The Morgan fingerprint density at radius 1 is 1.32 bits per heavy atom. The van der Waals surface area contributed by atoms with Crippen molar-refractivity contribution in [1.82, 2.24) is 5.32 Å². The van der Waals surface area contributed by atoms with Crippen LogP contribution in [0.3, 0.4) is 0 Å². The Balaban J connectivity index is 2.60. The average molecular weight is 270 g/mol. The highest BCUT2D eigenvalue weighted by molar-refractivity contribution is 5.67. The number of alkyl carbamates (subject to hydrolysis) is 1. The molecule has 0 spiro atoms. The van der Waals surface area contributed by atoms with Gasteiger partial charge in [0.2, 0.25) is 0 Å². The smallest absolute Gasteiger partial charge is 0.407 e. The summed E-state index contributed by atoms with van der Waals surface area (Å²) in [7, 11) is 0. The Labute approximate surface area is 117 Å². The van der Waals surface area contributed by atoms with Crippen molar-refractivity contribution in [3.8, 4) is 0 Å². The highest BCUT2D eigenvalue weighted by Gasteiger charge is 2.49. The van der Waals surface area contributed by atoms with Gasteiger partial charge in [-0.15, -0.1) is 0 Å². The van der Waals surface area contributed by atoms with E-state index in [4.69, 9.17) is 10.5 Å². The van der Waals surface area contributed by atoms with Crippen molar-refractivity contribution >= 4 is 6.09 Å². The van der Waals surface area contributed by atoms with Crippen LogP contribution in [-0.2, 0) is 4.74 Å². The Hall–Kier alpha value is -0.770. The lowest BCUT2D eigenvalue weighted by Crippen LogP contribution is -2.55. The Morgan fingerprint density at radius 3 is 2.21 bits per heavy atom. The lowest BCUT2D eigenvalue weighted by molar-refractivity contribution is -0.0279. The standard InChI is InChI=1S/C15H30N2O2/c1-6-15(8-7-9-15)14(5,10-16)11-17-12(18)19-13(2,3)4/h6-11,16H2,1-5H3,(H,17,18). The van der Waals surface area contributed by atoms with E-state index < -0.39 is 5.60 Å². The van der Waals surface area contributed by atoms with Crippen LogP contribution < -0.4 is 11.1 Å². The molecule has 0 aromatic carbocycles. The second-order valence-corrected chi connectivity index (χ2v) is 7.11. The molecule has 0 radical (unpaired) electrons. The van der Waals surface area contributed by atoms with E-state index in [0.29, 0.717) is 13.1 Å². The number of hydrogen-bond donors (Lipinski definition) is 2. The number of carbonyl (C=O) groups is 1. The van der Waals surface area contributed by atoms with Crippen LogP contribution >= 0.6 is 0 Å². The molecule has 4 nitrogen and oxygen atoms in total. The van der Waals surface area contributed by atoms with Gasteiger partial charge in [-0.05, 0) is 52.0 Å². The van der Waals surface area contributed by atoms with E-state index in [-0.39, 0.29) is 16.9 Å². The number of hydrogen-bond acceptors (Lipinski definition) is 3. The van der Waals surface area contributed by atoms with E-state index in [1.54, 1.807) is 0 Å². The molecule has 0 aromatic heterocycles. The number of ether oxygens (including phenoxy) is 1. The van der Waals surface area contributed by atoms with E-state index in [9.17, 15) is 4.79 Å². The number of nitrogens with two attached hydrogens (primary N) is 1. The molecule has 3 N–H and O–H groups in total. The molecular formula is C15H30N2O2. The average Bonchev–Trinajstić information content (AvgIpc) is 2.23. The third-order valence-corrected chi connectivity index (χ3v) is 4.74. The summed E-state index contributed by atoms with van der Waals surface area (Å²) in [5.74, 6) is 0. The van der Waals surface area contributed by atoms with Gasteiger partial charge in [-0.25, -0.2) is 4.79 Å². The second-order valence-electron chi connectivity index (χ2n) is 7.11. The second kappa shape index (κ2) is 5.70. The molecule has 0 saturated heterocycles. The summed E-state index contributed by atoms with van der Waals surface area (Å²) >= 11 is 0. The normalized spacial score (nSPS) is 21.2. The van der Waals surface area contributed by atoms with Crippen LogP contribution in [0, 0.1) is 10.8 Å². The maximum Gasteiger partial charge on any atom is 0.407 e. The van der Waals surface area contributed by atoms with Gasteiger partial charge in [0.15, 0.2) is 0 Å². The molecule has 1 unspecified atom stereocenters. The topological polar surface area (TPSA) is 64.3 Å². The fraction of sp³-hybridized carbons (Fsp3) is 0.933. The van der Waals surface area contributed by atoms with Crippen LogP contribution in [-0.4, -0.2) is 24.8 Å². The predicted octanol–water partition coefficient (Wildman–Crippen LogP) is 3.06. The van der Waals surface area contributed by atoms with Gasteiger partial charge in [-0.2, -0.15) is 0 Å².